The van der Waals surface area contributed by atoms with Crippen molar-refractivity contribution in [3.05, 3.63) is 48.0 Å². The average molecular weight is 422 g/mol. The summed E-state index contributed by atoms with van der Waals surface area (Å²) in [5, 5.41) is 6.01. The molecule has 0 radical (unpaired) electrons. The summed E-state index contributed by atoms with van der Waals surface area (Å²) in [6, 6.07) is 11.8. The number of carbonyl (C=O) groups excluding carboxylic acids is 1. The van der Waals surface area contributed by atoms with Gasteiger partial charge in [-0.3, -0.25) is 9.52 Å². The maximum Gasteiger partial charge on any atom is 0.257 e. The van der Waals surface area contributed by atoms with E-state index in [0.717, 1.165) is 6.26 Å². The van der Waals surface area contributed by atoms with Gasteiger partial charge in [-0.1, -0.05) is 26.0 Å². The van der Waals surface area contributed by atoms with Crippen LogP contribution in [0.25, 0.3) is 0 Å². The van der Waals surface area contributed by atoms with E-state index in [2.05, 4.69) is 29.2 Å². The van der Waals surface area contributed by atoms with Gasteiger partial charge in [-0.15, -0.1) is 0 Å². The molecule has 2 aromatic rings. The molecule has 0 unspecified atom stereocenters. The number of benzene rings is 2. The largest absolute Gasteiger partial charge is 0.493 e. The van der Waals surface area contributed by atoms with Crippen molar-refractivity contribution in [3.63, 3.8) is 0 Å². The smallest absolute Gasteiger partial charge is 0.257 e. The number of ether oxygens (including phenoxy) is 2. The number of rotatable bonds is 10. The number of hydrogen-bond donors (Lipinski definition) is 3. The van der Waals surface area contributed by atoms with E-state index in [1.165, 1.54) is 13.2 Å². The van der Waals surface area contributed by atoms with Gasteiger partial charge in [0.1, 0.15) is 6.61 Å². The predicted molar refractivity (Wildman–Crippen MR) is 114 cm³/mol. The Kier molecular flexibility index (Phi) is 7.86. The summed E-state index contributed by atoms with van der Waals surface area (Å²) in [6.45, 7) is 5.29. The van der Waals surface area contributed by atoms with Crippen LogP contribution in [0.3, 0.4) is 0 Å². The van der Waals surface area contributed by atoms with Crippen LogP contribution in [0.15, 0.2) is 42.5 Å². The zero-order valence-electron chi connectivity index (χ0n) is 17.0. The van der Waals surface area contributed by atoms with Crippen LogP contribution in [0.5, 0.6) is 11.5 Å². The second kappa shape index (κ2) is 10.1. The van der Waals surface area contributed by atoms with Gasteiger partial charge in [0.05, 0.1) is 24.6 Å². The van der Waals surface area contributed by atoms with Crippen molar-refractivity contribution in [1.29, 1.82) is 0 Å². The van der Waals surface area contributed by atoms with Crippen molar-refractivity contribution in [2.45, 2.75) is 19.9 Å². The molecule has 0 atom stereocenters. The zero-order chi connectivity index (χ0) is 21.4. The number of methoxy groups -OCH3 is 1. The first-order valence-corrected chi connectivity index (χ1v) is 11.0. The van der Waals surface area contributed by atoms with Gasteiger partial charge in [-0.2, -0.15) is 0 Å². The van der Waals surface area contributed by atoms with Crippen molar-refractivity contribution < 1.29 is 22.7 Å². The third kappa shape index (κ3) is 7.28. The van der Waals surface area contributed by atoms with Gasteiger partial charge in [0.15, 0.2) is 11.5 Å². The Morgan fingerprint density at radius 2 is 1.83 bits per heavy atom. The van der Waals surface area contributed by atoms with E-state index in [9.17, 15) is 13.2 Å². The fourth-order valence-electron chi connectivity index (χ4n) is 2.54. The summed E-state index contributed by atoms with van der Waals surface area (Å²) in [7, 11) is -1.99. The van der Waals surface area contributed by atoms with Crippen LogP contribution >= 0.6 is 0 Å². The molecule has 0 spiro atoms. The summed E-state index contributed by atoms with van der Waals surface area (Å²) in [6.07, 6.45) is 1.03. The maximum absolute atomic E-state index is 12.7. The molecular formula is C20H27N3O5S. The minimum Gasteiger partial charge on any atom is -0.493 e. The third-order valence-electron chi connectivity index (χ3n) is 3.80. The minimum atomic E-state index is -3.51. The molecule has 0 aliphatic carbocycles. The first-order chi connectivity index (χ1) is 13.7. The Morgan fingerprint density at radius 1 is 1.10 bits per heavy atom. The molecule has 0 saturated carbocycles. The van der Waals surface area contributed by atoms with E-state index in [4.69, 9.17) is 9.47 Å². The van der Waals surface area contributed by atoms with Gasteiger partial charge < -0.3 is 20.1 Å². The second-order valence-electron chi connectivity index (χ2n) is 6.70. The lowest BCUT2D eigenvalue weighted by molar-refractivity contribution is 0.102. The second-order valence-corrected chi connectivity index (χ2v) is 8.45. The highest BCUT2D eigenvalue weighted by Gasteiger charge is 2.15. The molecule has 3 N–H and O–H groups in total. The normalized spacial score (nSPS) is 11.2. The molecule has 2 rings (SSSR count). The highest BCUT2D eigenvalue weighted by atomic mass is 32.2. The molecule has 2 aromatic carbocycles. The van der Waals surface area contributed by atoms with Crippen LogP contribution in [0.2, 0.25) is 0 Å². The van der Waals surface area contributed by atoms with Crippen LogP contribution in [-0.2, 0) is 10.0 Å². The summed E-state index contributed by atoms with van der Waals surface area (Å²) in [4.78, 5) is 12.7. The van der Waals surface area contributed by atoms with Gasteiger partial charge >= 0.3 is 0 Å². The van der Waals surface area contributed by atoms with Gasteiger partial charge in [0, 0.05) is 24.3 Å². The van der Waals surface area contributed by atoms with E-state index in [0.29, 0.717) is 36.4 Å². The molecule has 0 aromatic heterocycles. The van der Waals surface area contributed by atoms with Crippen LogP contribution in [0.1, 0.15) is 24.2 Å². The summed E-state index contributed by atoms with van der Waals surface area (Å²) in [5.74, 6) is 0.596. The van der Waals surface area contributed by atoms with Gasteiger partial charge in [-0.05, 0) is 24.3 Å². The molecule has 8 nitrogen and oxygen atoms in total. The summed E-state index contributed by atoms with van der Waals surface area (Å²) < 4.78 is 36.5. The van der Waals surface area contributed by atoms with Crippen molar-refractivity contribution in [1.82, 2.24) is 5.32 Å². The molecule has 0 bridgehead atoms. The van der Waals surface area contributed by atoms with E-state index < -0.39 is 15.9 Å². The Morgan fingerprint density at radius 3 is 2.48 bits per heavy atom. The predicted octanol–water partition coefficient (Wildman–Crippen LogP) is 2.70. The number of anilines is 2. The molecule has 0 aliphatic heterocycles. The number of hydrogen-bond acceptors (Lipinski definition) is 6. The van der Waals surface area contributed by atoms with Gasteiger partial charge in [0.2, 0.25) is 10.0 Å². The number of carbonyl (C=O) groups is 1. The van der Waals surface area contributed by atoms with Gasteiger partial charge in [0.25, 0.3) is 5.91 Å². The van der Waals surface area contributed by atoms with Crippen LogP contribution in [0, 0.1) is 0 Å². The van der Waals surface area contributed by atoms with Crippen LogP contribution in [0.4, 0.5) is 11.4 Å². The van der Waals surface area contributed by atoms with Crippen molar-refractivity contribution in [2.75, 3.05) is 36.6 Å². The Labute approximate surface area is 171 Å². The number of amides is 1. The molecule has 29 heavy (non-hydrogen) atoms. The average Bonchev–Trinajstić information content (AvgIpc) is 2.64. The lowest BCUT2D eigenvalue weighted by Gasteiger charge is -2.15. The molecule has 1 amide bonds. The number of sulfonamides is 1. The molecule has 0 aliphatic rings. The van der Waals surface area contributed by atoms with Crippen LogP contribution < -0.4 is 24.8 Å². The Balaban J connectivity index is 2.11. The van der Waals surface area contributed by atoms with E-state index in [1.807, 2.05) is 0 Å². The Bertz CT molecular complexity index is 945. The number of nitrogens with one attached hydrogen (secondary N) is 3. The molecule has 0 saturated heterocycles. The maximum atomic E-state index is 12.7. The molecule has 0 fully saturated rings. The fourth-order valence-corrected chi connectivity index (χ4v) is 3.12. The monoisotopic (exact) mass is 421 g/mol. The topological polar surface area (TPSA) is 106 Å². The standard InChI is InChI=1S/C20H27N3O5S/c1-14(2)21-11-12-28-18-10-9-15(13-19(18)27-3)22-20(24)16-7-5-6-8-17(16)23-29(4,25)26/h5-10,13-14,21,23H,11-12H2,1-4H3,(H,22,24). The SMILES string of the molecule is COc1cc(NC(=O)c2ccccc2NS(C)(=O)=O)ccc1OCCNC(C)C. The Hall–Kier alpha value is -2.78. The summed E-state index contributed by atoms with van der Waals surface area (Å²) >= 11 is 0. The molecule has 158 valence electrons. The third-order valence-corrected chi connectivity index (χ3v) is 4.39. The molecular weight excluding hydrogens is 394 g/mol. The van der Waals surface area contributed by atoms with Gasteiger partial charge in [-0.25, -0.2) is 8.42 Å². The van der Waals surface area contributed by atoms with Crippen LogP contribution in [-0.4, -0.2) is 46.9 Å². The zero-order valence-corrected chi connectivity index (χ0v) is 17.8. The van der Waals surface area contributed by atoms with Crippen molar-refractivity contribution in [2.24, 2.45) is 0 Å². The van der Waals surface area contributed by atoms with E-state index in [1.54, 1.807) is 36.4 Å². The van der Waals surface area contributed by atoms with E-state index >= 15 is 0 Å². The van der Waals surface area contributed by atoms with Crippen molar-refractivity contribution in [3.8, 4) is 11.5 Å². The lowest BCUT2D eigenvalue weighted by Crippen LogP contribution is -2.27. The highest BCUT2D eigenvalue weighted by Crippen LogP contribution is 2.30. The first kappa shape index (κ1) is 22.5. The quantitative estimate of drug-likeness (QED) is 0.510. The lowest BCUT2D eigenvalue weighted by atomic mass is 10.1. The highest BCUT2D eigenvalue weighted by molar-refractivity contribution is 7.92. The minimum absolute atomic E-state index is 0.206. The molecule has 0 heterocycles. The van der Waals surface area contributed by atoms with E-state index in [-0.39, 0.29) is 11.3 Å². The first-order valence-electron chi connectivity index (χ1n) is 9.12. The fraction of sp³-hybridized carbons (Fsp3) is 0.350. The van der Waals surface area contributed by atoms with Crippen molar-refractivity contribution >= 4 is 27.3 Å². The molecule has 9 heteroatoms. The summed E-state index contributed by atoms with van der Waals surface area (Å²) in [5.41, 5.74) is 0.905. The number of para-hydroxylation sites is 1.